The molecule has 120 valence electrons. The molecule has 0 aromatic carbocycles. The summed E-state index contributed by atoms with van der Waals surface area (Å²) in [6, 6.07) is 7.63. The molecule has 0 bridgehead atoms. The van der Waals surface area contributed by atoms with Crippen molar-refractivity contribution in [2.24, 2.45) is 0 Å². The van der Waals surface area contributed by atoms with E-state index in [9.17, 15) is 0 Å². The van der Waals surface area contributed by atoms with Gasteiger partial charge in [-0.15, -0.1) is 0 Å². The lowest BCUT2D eigenvalue weighted by Gasteiger charge is -2.05. The van der Waals surface area contributed by atoms with Crippen LogP contribution >= 0.6 is 0 Å². The van der Waals surface area contributed by atoms with Gasteiger partial charge in [0.1, 0.15) is 5.52 Å². The van der Waals surface area contributed by atoms with Crippen LogP contribution in [0.25, 0.3) is 44.4 Å². The third-order valence-electron chi connectivity index (χ3n) is 4.17. The van der Waals surface area contributed by atoms with E-state index in [1.54, 1.807) is 31.9 Å². The van der Waals surface area contributed by atoms with Crippen LogP contribution in [0.15, 0.2) is 49.1 Å². The van der Waals surface area contributed by atoms with Crippen molar-refractivity contribution >= 4 is 33.1 Å². The van der Waals surface area contributed by atoms with Crippen molar-refractivity contribution < 1.29 is 4.74 Å². The number of rotatable bonds is 2. The lowest BCUT2D eigenvalue weighted by Crippen LogP contribution is -1.92. The molecule has 0 amide bonds. The SMILES string of the molecule is COc1ccc2[nH]c3c(-c4ccnc5nccnc45)nccc3c2n1. The summed E-state index contributed by atoms with van der Waals surface area (Å²) in [4.78, 5) is 25.5. The lowest BCUT2D eigenvalue weighted by molar-refractivity contribution is 0.399. The minimum atomic E-state index is 0.576. The summed E-state index contributed by atoms with van der Waals surface area (Å²) >= 11 is 0. The van der Waals surface area contributed by atoms with Crippen molar-refractivity contribution in [1.29, 1.82) is 0 Å². The average Bonchev–Trinajstić information content (AvgIpc) is 3.05. The number of ether oxygens (including phenoxy) is 1. The Morgan fingerprint density at radius 2 is 1.68 bits per heavy atom. The van der Waals surface area contributed by atoms with Crippen molar-refractivity contribution in [2.45, 2.75) is 0 Å². The molecule has 5 rings (SSSR count). The topological polar surface area (TPSA) is 89.5 Å². The van der Waals surface area contributed by atoms with Gasteiger partial charge in [-0.05, 0) is 18.2 Å². The summed E-state index contributed by atoms with van der Waals surface area (Å²) in [5, 5.41) is 0.979. The van der Waals surface area contributed by atoms with E-state index < -0.39 is 0 Å². The van der Waals surface area contributed by atoms with Crippen molar-refractivity contribution in [3.8, 4) is 17.1 Å². The van der Waals surface area contributed by atoms with Gasteiger partial charge in [-0.1, -0.05) is 0 Å². The number of hydrogen-bond donors (Lipinski definition) is 1. The molecular formula is C18H12N6O. The summed E-state index contributed by atoms with van der Waals surface area (Å²) in [5.41, 5.74) is 5.65. The highest BCUT2D eigenvalue weighted by Gasteiger charge is 2.15. The Balaban J connectivity index is 1.87. The number of H-pyrrole nitrogens is 1. The van der Waals surface area contributed by atoms with Gasteiger partial charge >= 0.3 is 0 Å². The fourth-order valence-corrected chi connectivity index (χ4v) is 3.05. The molecule has 0 spiro atoms. The normalized spacial score (nSPS) is 11.4. The Kier molecular flexibility index (Phi) is 2.87. The number of nitrogens with one attached hydrogen (secondary N) is 1. The Labute approximate surface area is 141 Å². The maximum absolute atomic E-state index is 5.25. The molecule has 5 aromatic heterocycles. The standard InChI is InChI=1S/C18H12N6O/c1-25-13-3-2-12-14(24-13)10-4-6-19-15(16(10)23-12)11-5-7-21-18-17(11)20-8-9-22-18/h2-9,23H,1H3. The quantitative estimate of drug-likeness (QED) is 0.535. The zero-order chi connectivity index (χ0) is 16.8. The second-order valence-electron chi connectivity index (χ2n) is 5.54. The number of aromatic nitrogens is 6. The summed E-state index contributed by atoms with van der Waals surface area (Å²) in [5.74, 6) is 0.576. The minimum Gasteiger partial charge on any atom is -0.481 e. The molecule has 0 fully saturated rings. The van der Waals surface area contributed by atoms with E-state index in [2.05, 4.69) is 29.9 Å². The number of pyridine rings is 3. The van der Waals surface area contributed by atoms with Crippen LogP contribution in [-0.2, 0) is 0 Å². The first-order chi connectivity index (χ1) is 12.3. The largest absolute Gasteiger partial charge is 0.481 e. The Hall–Kier alpha value is -3.61. The van der Waals surface area contributed by atoms with Crippen molar-refractivity contribution in [3.63, 3.8) is 0 Å². The predicted molar refractivity (Wildman–Crippen MR) is 94.3 cm³/mol. The van der Waals surface area contributed by atoms with E-state index in [1.165, 1.54) is 0 Å². The van der Waals surface area contributed by atoms with Crippen LogP contribution in [0, 0.1) is 0 Å². The van der Waals surface area contributed by atoms with Crippen LogP contribution in [0.2, 0.25) is 0 Å². The van der Waals surface area contributed by atoms with E-state index in [4.69, 9.17) is 4.74 Å². The molecule has 0 aliphatic heterocycles. The fourth-order valence-electron chi connectivity index (χ4n) is 3.05. The molecule has 1 N–H and O–H groups in total. The molecule has 7 nitrogen and oxygen atoms in total. The van der Waals surface area contributed by atoms with Crippen molar-refractivity contribution in [2.75, 3.05) is 7.11 Å². The number of aromatic amines is 1. The molecule has 0 radical (unpaired) electrons. The second-order valence-corrected chi connectivity index (χ2v) is 5.54. The lowest BCUT2D eigenvalue weighted by atomic mass is 10.1. The van der Waals surface area contributed by atoms with Gasteiger partial charge in [0.15, 0.2) is 5.65 Å². The van der Waals surface area contributed by atoms with Gasteiger partial charge in [-0.3, -0.25) is 9.97 Å². The zero-order valence-corrected chi connectivity index (χ0v) is 13.3. The van der Waals surface area contributed by atoms with Gasteiger partial charge in [0.2, 0.25) is 5.88 Å². The van der Waals surface area contributed by atoms with Gasteiger partial charge in [0, 0.05) is 41.8 Å². The Morgan fingerprint density at radius 1 is 0.840 bits per heavy atom. The maximum atomic E-state index is 5.25. The molecule has 25 heavy (non-hydrogen) atoms. The Morgan fingerprint density at radius 3 is 2.60 bits per heavy atom. The first kappa shape index (κ1) is 13.8. The van der Waals surface area contributed by atoms with Crippen LogP contribution in [-0.4, -0.2) is 37.0 Å². The van der Waals surface area contributed by atoms with Gasteiger partial charge in [0.05, 0.1) is 29.4 Å². The minimum absolute atomic E-state index is 0.576. The molecule has 7 heteroatoms. The summed E-state index contributed by atoms with van der Waals surface area (Å²) in [6.45, 7) is 0. The fraction of sp³-hybridized carbons (Fsp3) is 0.0556. The maximum Gasteiger partial charge on any atom is 0.213 e. The van der Waals surface area contributed by atoms with Crippen LogP contribution in [0.5, 0.6) is 5.88 Å². The smallest absolute Gasteiger partial charge is 0.213 e. The molecule has 0 aliphatic carbocycles. The molecule has 0 unspecified atom stereocenters. The monoisotopic (exact) mass is 328 g/mol. The van der Waals surface area contributed by atoms with E-state index in [0.29, 0.717) is 17.0 Å². The third-order valence-corrected chi connectivity index (χ3v) is 4.17. The molecule has 0 atom stereocenters. The second kappa shape index (κ2) is 5.20. The summed E-state index contributed by atoms with van der Waals surface area (Å²) in [6.07, 6.45) is 6.78. The average molecular weight is 328 g/mol. The van der Waals surface area contributed by atoms with Gasteiger partial charge < -0.3 is 9.72 Å². The van der Waals surface area contributed by atoms with E-state index in [-0.39, 0.29) is 0 Å². The Bertz CT molecular complexity index is 1240. The predicted octanol–water partition coefficient (Wildman–Crippen LogP) is 3.12. The first-order valence-electron chi connectivity index (χ1n) is 7.72. The number of methoxy groups -OCH3 is 1. The van der Waals surface area contributed by atoms with Crippen LogP contribution in [0.1, 0.15) is 0 Å². The van der Waals surface area contributed by atoms with Crippen molar-refractivity contribution in [1.82, 2.24) is 29.9 Å². The van der Waals surface area contributed by atoms with Gasteiger partial charge in [0.25, 0.3) is 0 Å². The molecule has 5 aromatic rings. The summed E-state index contributed by atoms with van der Waals surface area (Å²) < 4.78 is 5.25. The molecule has 0 aliphatic rings. The zero-order valence-electron chi connectivity index (χ0n) is 13.3. The third kappa shape index (κ3) is 2.02. The van der Waals surface area contributed by atoms with Crippen LogP contribution < -0.4 is 4.74 Å². The van der Waals surface area contributed by atoms with Crippen LogP contribution in [0.4, 0.5) is 0 Å². The number of nitrogens with zero attached hydrogens (tertiary/aromatic N) is 5. The van der Waals surface area contributed by atoms with Gasteiger partial charge in [-0.2, -0.15) is 0 Å². The van der Waals surface area contributed by atoms with Crippen LogP contribution in [0.3, 0.4) is 0 Å². The summed E-state index contributed by atoms with van der Waals surface area (Å²) in [7, 11) is 1.61. The highest BCUT2D eigenvalue weighted by atomic mass is 16.5. The van der Waals surface area contributed by atoms with E-state index >= 15 is 0 Å². The van der Waals surface area contributed by atoms with E-state index in [0.717, 1.165) is 33.2 Å². The molecular weight excluding hydrogens is 316 g/mol. The van der Waals surface area contributed by atoms with E-state index in [1.807, 2.05) is 24.3 Å². The molecule has 0 saturated carbocycles. The highest BCUT2D eigenvalue weighted by molar-refractivity contribution is 6.10. The van der Waals surface area contributed by atoms with Gasteiger partial charge in [-0.25, -0.2) is 15.0 Å². The number of fused-ring (bicyclic) bond motifs is 4. The molecule has 5 heterocycles. The molecule has 0 saturated heterocycles. The van der Waals surface area contributed by atoms with Crippen molar-refractivity contribution in [3.05, 3.63) is 49.1 Å². The number of hydrogen-bond acceptors (Lipinski definition) is 6. The highest BCUT2D eigenvalue weighted by Crippen LogP contribution is 2.33. The first-order valence-corrected chi connectivity index (χ1v) is 7.72.